The fourth-order valence-corrected chi connectivity index (χ4v) is 3.87. The van der Waals surface area contributed by atoms with Gasteiger partial charge in [0.15, 0.2) is 0 Å². The topological polar surface area (TPSA) is 44.8 Å². The third kappa shape index (κ3) is 4.28. The van der Waals surface area contributed by atoms with Crippen LogP contribution in [0.4, 0.5) is 4.79 Å². The third-order valence-electron chi connectivity index (χ3n) is 5.13. The number of rotatable bonds is 4. The van der Waals surface area contributed by atoms with Crippen molar-refractivity contribution >= 4 is 6.03 Å². The van der Waals surface area contributed by atoms with Gasteiger partial charge in [0.1, 0.15) is 6.10 Å². The Morgan fingerprint density at radius 1 is 1.33 bits per heavy atom. The number of ether oxygens (including phenoxy) is 1. The van der Waals surface area contributed by atoms with E-state index < -0.39 is 0 Å². The fraction of sp³-hybridized carbons (Fsp3) is 0.632. The van der Waals surface area contributed by atoms with Gasteiger partial charge in [0.2, 0.25) is 0 Å². The molecule has 0 spiro atoms. The van der Waals surface area contributed by atoms with Gasteiger partial charge in [-0.25, -0.2) is 4.79 Å². The summed E-state index contributed by atoms with van der Waals surface area (Å²) in [5.74, 6) is 0.573. The number of piperidine rings is 1. The maximum atomic E-state index is 12.6. The van der Waals surface area contributed by atoms with Gasteiger partial charge in [-0.05, 0) is 44.3 Å². The molecule has 24 heavy (non-hydrogen) atoms. The van der Waals surface area contributed by atoms with Crippen LogP contribution in [0.25, 0.3) is 0 Å². The number of carbonyl (C=O) groups excluding carboxylic acids is 1. The summed E-state index contributed by atoms with van der Waals surface area (Å²) in [6, 6.07) is 10.2. The monoisotopic (exact) mass is 331 g/mol. The molecule has 2 aliphatic rings. The second kappa shape index (κ2) is 7.99. The Bertz CT molecular complexity index is 537. The molecule has 2 heterocycles. The Balaban J connectivity index is 1.53. The van der Waals surface area contributed by atoms with Gasteiger partial charge in [0, 0.05) is 26.7 Å². The molecule has 5 heteroatoms. The molecule has 2 amide bonds. The molecular weight excluding hydrogens is 302 g/mol. The van der Waals surface area contributed by atoms with Crippen LogP contribution < -0.4 is 5.32 Å². The standard InChI is InChI=1S/C19H29N3O2/c1-21-11-6-7-15(13-21)14-22(2)19(23)20-17-10-12-24-18(17)16-8-4-3-5-9-16/h3-5,8-9,15,17-18H,6-7,10-14H2,1-2H3,(H,20,23)/t15-,17+,18+/m0/s1. The van der Waals surface area contributed by atoms with Crippen molar-refractivity contribution in [1.82, 2.24) is 15.1 Å². The smallest absolute Gasteiger partial charge is 0.317 e. The van der Waals surface area contributed by atoms with Gasteiger partial charge in [-0.15, -0.1) is 0 Å². The molecule has 0 aliphatic carbocycles. The van der Waals surface area contributed by atoms with E-state index >= 15 is 0 Å². The molecule has 0 radical (unpaired) electrons. The van der Waals surface area contributed by atoms with Crippen molar-refractivity contribution in [1.29, 1.82) is 0 Å². The van der Waals surface area contributed by atoms with Crippen molar-refractivity contribution in [3.63, 3.8) is 0 Å². The number of benzene rings is 1. The van der Waals surface area contributed by atoms with E-state index in [2.05, 4.69) is 29.4 Å². The van der Waals surface area contributed by atoms with Crippen LogP contribution in [0, 0.1) is 5.92 Å². The minimum atomic E-state index is -0.0376. The van der Waals surface area contributed by atoms with E-state index in [1.54, 1.807) is 0 Å². The number of likely N-dealkylation sites (tertiary alicyclic amines) is 1. The molecule has 0 saturated carbocycles. The Labute approximate surface area is 145 Å². The molecule has 2 fully saturated rings. The Morgan fingerprint density at radius 3 is 2.88 bits per heavy atom. The van der Waals surface area contributed by atoms with Crippen LogP contribution in [0.5, 0.6) is 0 Å². The van der Waals surface area contributed by atoms with E-state index in [1.165, 1.54) is 19.4 Å². The van der Waals surface area contributed by atoms with Crippen molar-refractivity contribution in [2.45, 2.75) is 31.4 Å². The lowest BCUT2D eigenvalue weighted by molar-refractivity contribution is 0.0977. The van der Waals surface area contributed by atoms with E-state index in [9.17, 15) is 4.79 Å². The summed E-state index contributed by atoms with van der Waals surface area (Å²) in [7, 11) is 4.06. The summed E-state index contributed by atoms with van der Waals surface area (Å²) >= 11 is 0. The average Bonchev–Trinajstić information content (AvgIpc) is 3.03. The Kier molecular flexibility index (Phi) is 5.74. The number of amides is 2. The van der Waals surface area contributed by atoms with E-state index in [-0.39, 0.29) is 18.2 Å². The predicted molar refractivity (Wildman–Crippen MR) is 94.9 cm³/mol. The molecule has 1 aromatic rings. The van der Waals surface area contributed by atoms with E-state index in [0.717, 1.165) is 25.1 Å². The van der Waals surface area contributed by atoms with Gasteiger partial charge in [0.25, 0.3) is 0 Å². The highest BCUT2D eigenvalue weighted by Crippen LogP contribution is 2.29. The molecule has 1 N–H and O–H groups in total. The first kappa shape index (κ1) is 17.2. The largest absolute Gasteiger partial charge is 0.371 e. The van der Waals surface area contributed by atoms with Crippen LogP contribution in [0.3, 0.4) is 0 Å². The highest BCUT2D eigenvalue weighted by Gasteiger charge is 2.32. The van der Waals surface area contributed by atoms with Crippen LogP contribution in [0.2, 0.25) is 0 Å². The van der Waals surface area contributed by atoms with Crippen molar-refractivity contribution in [2.24, 2.45) is 5.92 Å². The average molecular weight is 331 g/mol. The molecular formula is C19H29N3O2. The molecule has 0 aromatic heterocycles. The molecule has 1 aromatic carbocycles. The van der Waals surface area contributed by atoms with Crippen molar-refractivity contribution < 1.29 is 9.53 Å². The minimum Gasteiger partial charge on any atom is -0.371 e. The zero-order valence-electron chi connectivity index (χ0n) is 14.8. The molecule has 0 unspecified atom stereocenters. The van der Waals surface area contributed by atoms with Crippen molar-refractivity contribution in [2.75, 3.05) is 40.3 Å². The predicted octanol–water partition coefficient (Wildman–Crippen LogP) is 2.50. The number of nitrogens with one attached hydrogen (secondary N) is 1. The zero-order chi connectivity index (χ0) is 16.9. The SMILES string of the molecule is CN1CCC[C@H](CN(C)C(=O)N[C@@H]2CCO[C@@H]2c2ccccc2)C1. The first-order valence-electron chi connectivity index (χ1n) is 9.00. The van der Waals surface area contributed by atoms with Gasteiger partial charge in [0.05, 0.1) is 6.04 Å². The molecule has 5 nitrogen and oxygen atoms in total. The molecule has 132 valence electrons. The number of hydrogen-bond donors (Lipinski definition) is 1. The van der Waals surface area contributed by atoms with Crippen LogP contribution in [-0.4, -0.2) is 62.2 Å². The summed E-state index contributed by atoms with van der Waals surface area (Å²) in [4.78, 5) is 16.8. The van der Waals surface area contributed by atoms with Crippen LogP contribution >= 0.6 is 0 Å². The van der Waals surface area contributed by atoms with Gasteiger partial charge in [-0.3, -0.25) is 0 Å². The maximum Gasteiger partial charge on any atom is 0.317 e. The third-order valence-corrected chi connectivity index (χ3v) is 5.13. The number of nitrogens with zero attached hydrogens (tertiary/aromatic N) is 2. The summed E-state index contributed by atoms with van der Waals surface area (Å²) in [5.41, 5.74) is 1.14. The maximum absolute atomic E-state index is 12.6. The Hall–Kier alpha value is -1.59. The highest BCUT2D eigenvalue weighted by atomic mass is 16.5. The first-order chi connectivity index (χ1) is 11.6. The van der Waals surface area contributed by atoms with Crippen LogP contribution in [0.15, 0.2) is 30.3 Å². The van der Waals surface area contributed by atoms with Crippen molar-refractivity contribution in [3.8, 4) is 0 Å². The number of carbonyl (C=O) groups is 1. The van der Waals surface area contributed by atoms with Gasteiger partial charge in [-0.2, -0.15) is 0 Å². The first-order valence-corrected chi connectivity index (χ1v) is 9.00. The lowest BCUT2D eigenvalue weighted by Gasteiger charge is -2.33. The normalized spacial score (nSPS) is 27.8. The molecule has 2 saturated heterocycles. The summed E-state index contributed by atoms with van der Waals surface area (Å²) in [5, 5.41) is 3.18. The summed E-state index contributed by atoms with van der Waals surface area (Å²) < 4.78 is 5.86. The molecule has 3 atom stereocenters. The lowest BCUT2D eigenvalue weighted by atomic mass is 9.98. The fourth-order valence-electron chi connectivity index (χ4n) is 3.87. The molecule has 3 rings (SSSR count). The van der Waals surface area contributed by atoms with Crippen LogP contribution in [-0.2, 0) is 4.74 Å². The van der Waals surface area contributed by atoms with Gasteiger partial charge < -0.3 is 19.9 Å². The van der Waals surface area contributed by atoms with E-state index in [4.69, 9.17) is 4.74 Å². The summed E-state index contributed by atoms with van der Waals surface area (Å²) in [6.45, 7) is 3.77. The quantitative estimate of drug-likeness (QED) is 0.922. The number of hydrogen-bond acceptors (Lipinski definition) is 3. The van der Waals surface area contributed by atoms with Gasteiger partial charge in [-0.1, -0.05) is 30.3 Å². The van der Waals surface area contributed by atoms with Gasteiger partial charge >= 0.3 is 6.03 Å². The van der Waals surface area contributed by atoms with E-state index in [1.807, 2.05) is 30.1 Å². The van der Waals surface area contributed by atoms with Crippen LogP contribution in [0.1, 0.15) is 30.9 Å². The molecule has 0 bridgehead atoms. The lowest BCUT2D eigenvalue weighted by Crippen LogP contribution is -2.47. The number of urea groups is 1. The molecule has 2 aliphatic heterocycles. The van der Waals surface area contributed by atoms with Crippen molar-refractivity contribution in [3.05, 3.63) is 35.9 Å². The summed E-state index contributed by atoms with van der Waals surface area (Å²) in [6.07, 6.45) is 3.26. The Morgan fingerprint density at radius 2 is 2.12 bits per heavy atom. The second-order valence-corrected chi connectivity index (χ2v) is 7.20. The zero-order valence-corrected chi connectivity index (χ0v) is 14.8. The second-order valence-electron chi connectivity index (χ2n) is 7.20. The minimum absolute atomic E-state index is 0.0136. The highest BCUT2D eigenvalue weighted by molar-refractivity contribution is 5.74. The van der Waals surface area contributed by atoms with E-state index in [0.29, 0.717) is 12.5 Å².